The molecule has 0 bridgehead atoms. The van der Waals surface area contributed by atoms with E-state index in [0.717, 1.165) is 5.56 Å². The molecule has 20 heavy (non-hydrogen) atoms. The third kappa shape index (κ3) is 5.39. The molecule has 0 aliphatic rings. The molecule has 0 spiro atoms. The minimum Gasteiger partial charge on any atom is -0.481 e. The molecule has 1 atom stereocenters. The highest BCUT2D eigenvalue weighted by atomic mass is 16.4. The summed E-state index contributed by atoms with van der Waals surface area (Å²) in [7, 11) is 0. The summed E-state index contributed by atoms with van der Waals surface area (Å²) in [5.74, 6) is -1.29. The fraction of sp³-hybridized carbons (Fsp3) is 0.467. The summed E-state index contributed by atoms with van der Waals surface area (Å²) in [5, 5.41) is 26.8. The molecule has 1 aromatic rings. The van der Waals surface area contributed by atoms with Gasteiger partial charge in [-0.25, -0.2) is 0 Å². The van der Waals surface area contributed by atoms with Crippen LogP contribution in [-0.2, 0) is 11.3 Å². The van der Waals surface area contributed by atoms with E-state index in [9.17, 15) is 4.79 Å². The van der Waals surface area contributed by atoms with Crippen LogP contribution in [0.5, 0.6) is 0 Å². The SMILES string of the molecule is CC(CN(CCCO)Cc1cccc(C#N)c1)C(=O)O. The molecule has 1 rings (SSSR count). The lowest BCUT2D eigenvalue weighted by atomic mass is 10.1. The smallest absolute Gasteiger partial charge is 0.307 e. The van der Waals surface area contributed by atoms with Crippen molar-refractivity contribution < 1.29 is 15.0 Å². The van der Waals surface area contributed by atoms with E-state index >= 15 is 0 Å². The lowest BCUT2D eigenvalue weighted by molar-refractivity contribution is -0.141. The monoisotopic (exact) mass is 276 g/mol. The van der Waals surface area contributed by atoms with Gasteiger partial charge in [0.15, 0.2) is 0 Å². The maximum atomic E-state index is 10.9. The summed E-state index contributed by atoms with van der Waals surface area (Å²) >= 11 is 0. The third-order valence-electron chi connectivity index (χ3n) is 3.05. The zero-order chi connectivity index (χ0) is 15.0. The van der Waals surface area contributed by atoms with Crippen molar-refractivity contribution in [3.8, 4) is 6.07 Å². The van der Waals surface area contributed by atoms with E-state index in [0.29, 0.717) is 31.6 Å². The molecular weight excluding hydrogens is 256 g/mol. The minimum absolute atomic E-state index is 0.0796. The van der Waals surface area contributed by atoms with E-state index in [1.165, 1.54) is 0 Å². The van der Waals surface area contributed by atoms with Crippen LogP contribution >= 0.6 is 0 Å². The van der Waals surface area contributed by atoms with Crippen LogP contribution < -0.4 is 0 Å². The largest absolute Gasteiger partial charge is 0.481 e. The van der Waals surface area contributed by atoms with Crippen LogP contribution in [-0.4, -0.2) is 40.8 Å². The van der Waals surface area contributed by atoms with E-state index in [4.69, 9.17) is 15.5 Å². The first-order valence-electron chi connectivity index (χ1n) is 6.62. The number of hydrogen-bond donors (Lipinski definition) is 2. The van der Waals surface area contributed by atoms with Crippen molar-refractivity contribution in [3.05, 3.63) is 35.4 Å². The van der Waals surface area contributed by atoms with Crippen LogP contribution in [0, 0.1) is 17.2 Å². The van der Waals surface area contributed by atoms with Gasteiger partial charge in [0.2, 0.25) is 0 Å². The maximum Gasteiger partial charge on any atom is 0.307 e. The van der Waals surface area contributed by atoms with Crippen molar-refractivity contribution in [2.24, 2.45) is 5.92 Å². The van der Waals surface area contributed by atoms with Crippen molar-refractivity contribution in [1.29, 1.82) is 5.26 Å². The predicted molar refractivity (Wildman–Crippen MR) is 74.9 cm³/mol. The first-order chi connectivity index (χ1) is 9.56. The number of benzene rings is 1. The van der Waals surface area contributed by atoms with Gasteiger partial charge in [-0.05, 0) is 24.1 Å². The second kappa shape index (κ2) is 8.31. The molecule has 0 saturated heterocycles. The van der Waals surface area contributed by atoms with Crippen LogP contribution in [0.2, 0.25) is 0 Å². The van der Waals surface area contributed by atoms with E-state index in [2.05, 4.69) is 6.07 Å². The van der Waals surface area contributed by atoms with E-state index < -0.39 is 11.9 Å². The molecule has 0 amide bonds. The molecule has 0 radical (unpaired) electrons. The second-order valence-corrected chi connectivity index (χ2v) is 4.86. The Morgan fingerprint density at radius 1 is 1.50 bits per heavy atom. The molecule has 0 aliphatic carbocycles. The molecule has 0 heterocycles. The quantitative estimate of drug-likeness (QED) is 0.751. The predicted octanol–water partition coefficient (Wildman–Crippen LogP) is 1.46. The highest BCUT2D eigenvalue weighted by Gasteiger charge is 2.16. The summed E-state index contributed by atoms with van der Waals surface area (Å²) in [6, 6.07) is 9.36. The summed E-state index contributed by atoms with van der Waals surface area (Å²) < 4.78 is 0. The summed E-state index contributed by atoms with van der Waals surface area (Å²) in [5.41, 5.74) is 1.57. The Bertz CT molecular complexity index is 482. The number of carboxylic acids is 1. The number of aliphatic hydroxyl groups is 1. The van der Waals surface area contributed by atoms with Gasteiger partial charge in [-0.15, -0.1) is 0 Å². The summed E-state index contributed by atoms with van der Waals surface area (Å²) in [4.78, 5) is 12.9. The molecule has 5 heteroatoms. The van der Waals surface area contributed by atoms with Crippen molar-refractivity contribution in [2.75, 3.05) is 19.7 Å². The minimum atomic E-state index is -0.829. The zero-order valence-corrected chi connectivity index (χ0v) is 11.6. The zero-order valence-electron chi connectivity index (χ0n) is 11.6. The molecule has 0 fully saturated rings. The van der Waals surface area contributed by atoms with Gasteiger partial charge in [-0.3, -0.25) is 9.69 Å². The Kier molecular flexibility index (Phi) is 6.71. The van der Waals surface area contributed by atoms with Crippen LogP contribution in [0.3, 0.4) is 0 Å². The molecule has 2 N–H and O–H groups in total. The maximum absolute atomic E-state index is 10.9. The topological polar surface area (TPSA) is 84.6 Å². The number of nitrogens with zero attached hydrogens (tertiary/aromatic N) is 2. The number of nitriles is 1. The molecule has 0 saturated carbocycles. The Morgan fingerprint density at radius 3 is 2.85 bits per heavy atom. The lowest BCUT2D eigenvalue weighted by Crippen LogP contribution is -2.32. The number of hydrogen-bond acceptors (Lipinski definition) is 4. The Labute approximate surface area is 119 Å². The number of carboxylic acid groups (broad SMARTS) is 1. The normalized spacial score (nSPS) is 12.1. The fourth-order valence-corrected chi connectivity index (χ4v) is 1.99. The number of aliphatic carboxylic acids is 1. The van der Waals surface area contributed by atoms with Crippen LogP contribution in [0.25, 0.3) is 0 Å². The summed E-state index contributed by atoms with van der Waals surface area (Å²) in [6.07, 6.45) is 0.601. The number of aliphatic hydroxyl groups excluding tert-OH is 1. The van der Waals surface area contributed by atoms with Gasteiger partial charge in [0.05, 0.1) is 17.6 Å². The lowest BCUT2D eigenvalue weighted by Gasteiger charge is -2.24. The molecular formula is C15H20N2O3. The van der Waals surface area contributed by atoms with E-state index in [1.807, 2.05) is 17.0 Å². The Hall–Kier alpha value is -1.90. The van der Waals surface area contributed by atoms with Crippen molar-refractivity contribution in [1.82, 2.24) is 4.90 Å². The van der Waals surface area contributed by atoms with Gasteiger partial charge in [0, 0.05) is 26.2 Å². The average molecular weight is 276 g/mol. The Balaban J connectivity index is 2.72. The summed E-state index contributed by atoms with van der Waals surface area (Å²) in [6.45, 7) is 3.38. The molecule has 1 aromatic carbocycles. The third-order valence-corrected chi connectivity index (χ3v) is 3.05. The van der Waals surface area contributed by atoms with Gasteiger partial charge in [0.1, 0.15) is 0 Å². The van der Waals surface area contributed by atoms with Gasteiger partial charge in [-0.2, -0.15) is 5.26 Å². The number of rotatable bonds is 8. The molecule has 0 aromatic heterocycles. The fourth-order valence-electron chi connectivity index (χ4n) is 1.99. The van der Waals surface area contributed by atoms with E-state index in [1.54, 1.807) is 19.1 Å². The molecule has 5 nitrogen and oxygen atoms in total. The van der Waals surface area contributed by atoms with E-state index in [-0.39, 0.29) is 6.61 Å². The van der Waals surface area contributed by atoms with Gasteiger partial charge < -0.3 is 10.2 Å². The van der Waals surface area contributed by atoms with Crippen LogP contribution in [0.15, 0.2) is 24.3 Å². The highest BCUT2D eigenvalue weighted by Crippen LogP contribution is 2.10. The second-order valence-electron chi connectivity index (χ2n) is 4.86. The Morgan fingerprint density at radius 2 is 2.25 bits per heavy atom. The molecule has 108 valence electrons. The van der Waals surface area contributed by atoms with Crippen LogP contribution in [0.1, 0.15) is 24.5 Å². The first kappa shape index (κ1) is 16.2. The molecule has 0 aliphatic heterocycles. The van der Waals surface area contributed by atoms with Gasteiger partial charge in [0.25, 0.3) is 0 Å². The average Bonchev–Trinajstić information content (AvgIpc) is 2.44. The van der Waals surface area contributed by atoms with Crippen LogP contribution in [0.4, 0.5) is 0 Å². The highest BCUT2D eigenvalue weighted by molar-refractivity contribution is 5.69. The molecule has 1 unspecified atom stereocenters. The first-order valence-corrected chi connectivity index (χ1v) is 6.62. The van der Waals surface area contributed by atoms with Crippen molar-refractivity contribution >= 4 is 5.97 Å². The number of carbonyl (C=O) groups is 1. The van der Waals surface area contributed by atoms with Crippen molar-refractivity contribution in [3.63, 3.8) is 0 Å². The van der Waals surface area contributed by atoms with Crippen molar-refractivity contribution in [2.45, 2.75) is 19.9 Å². The van der Waals surface area contributed by atoms with Gasteiger partial charge >= 0.3 is 5.97 Å². The van der Waals surface area contributed by atoms with Gasteiger partial charge in [-0.1, -0.05) is 19.1 Å². The standard InChI is InChI=1S/C15H20N2O3/c1-12(15(19)20)10-17(6-3-7-18)11-14-5-2-4-13(8-14)9-16/h2,4-5,8,12,18H,3,6-7,10-11H2,1H3,(H,19,20).